The van der Waals surface area contributed by atoms with Gasteiger partial charge in [-0.2, -0.15) is 0 Å². The van der Waals surface area contributed by atoms with E-state index in [1.54, 1.807) is 6.92 Å². The number of ether oxygens (including phenoxy) is 1. The molecule has 164 valence electrons. The van der Waals surface area contributed by atoms with E-state index in [0.717, 1.165) is 23.0 Å². The number of thioether (sulfide) groups is 1. The van der Waals surface area contributed by atoms with Crippen LogP contribution in [-0.4, -0.2) is 44.0 Å². The summed E-state index contributed by atoms with van der Waals surface area (Å²) in [6, 6.07) is 7.38. The van der Waals surface area contributed by atoms with Crippen molar-refractivity contribution in [1.29, 1.82) is 0 Å². The van der Waals surface area contributed by atoms with Crippen molar-refractivity contribution >= 4 is 46.1 Å². The summed E-state index contributed by atoms with van der Waals surface area (Å²) < 4.78 is 6.47. The summed E-state index contributed by atoms with van der Waals surface area (Å²) >= 11 is 2.48. The van der Waals surface area contributed by atoms with Crippen LogP contribution < -0.4 is 11.1 Å². The van der Waals surface area contributed by atoms with Gasteiger partial charge in [-0.3, -0.25) is 14.2 Å². The van der Waals surface area contributed by atoms with E-state index in [0.29, 0.717) is 23.3 Å². The van der Waals surface area contributed by atoms with Gasteiger partial charge in [0.15, 0.2) is 10.3 Å². The first kappa shape index (κ1) is 22.8. The molecule has 0 saturated heterocycles. The van der Waals surface area contributed by atoms with Crippen molar-refractivity contribution < 1.29 is 14.3 Å². The van der Waals surface area contributed by atoms with Crippen molar-refractivity contribution in [1.82, 2.24) is 19.7 Å². The fourth-order valence-electron chi connectivity index (χ4n) is 2.87. The number of carbonyl (C=O) groups excluding carboxylic acids is 2. The van der Waals surface area contributed by atoms with Crippen molar-refractivity contribution in [3.8, 4) is 11.3 Å². The maximum absolute atomic E-state index is 13.0. The molecule has 1 amide bonds. The van der Waals surface area contributed by atoms with Gasteiger partial charge >= 0.3 is 5.97 Å². The Bertz CT molecular complexity index is 1050. The lowest BCUT2D eigenvalue weighted by molar-refractivity contribution is -0.139. The van der Waals surface area contributed by atoms with Crippen LogP contribution in [0.25, 0.3) is 11.3 Å². The third kappa shape index (κ3) is 5.61. The molecule has 9 nitrogen and oxygen atoms in total. The Morgan fingerprint density at radius 2 is 2.00 bits per heavy atom. The SMILES string of the molecule is CCOC(=O)CSc1nnc(N)n1C(CC)C(=O)Nc1nc(-c2ccc(C)cc2)cs1. The quantitative estimate of drug-likeness (QED) is 0.367. The van der Waals surface area contributed by atoms with Crippen LogP contribution in [0.15, 0.2) is 34.8 Å². The third-order valence-corrected chi connectivity index (χ3v) is 6.07. The molecule has 2 aromatic heterocycles. The second-order valence-corrected chi connectivity index (χ2v) is 8.42. The Morgan fingerprint density at radius 3 is 2.68 bits per heavy atom. The highest BCUT2D eigenvalue weighted by atomic mass is 32.2. The fraction of sp³-hybridized carbons (Fsp3) is 0.350. The van der Waals surface area contributed by atoms with Gasteiger partial charge in [0.1, 0.15) is 6.04 Å². The van der Waals surface area contributed by atoms with Gasteiger partial charge in [0.25, 0.3) is 0 Å². The van der Waals surface area contributed by atoms with E-state index < -0.39 is 6.04 Å². The molecule has 1 aromatic carbocycles. The number of aryl methyl sites for hydroxylation is 1. The summed E-state index contributed by atoms with van der Waals surface area (Å²) in [6.07, 6.45) is 0.456. The van der Waals surface area contributed by atoms with E-state index in [9.17, 15) is 9.59 Å². The maximum atomic E-state index is 13.0. The van der Waals surface area contributed by atoms with Crippen LogP contribution in [0.5, 0.6) is 0 Å². The first-order valence-corrected chi connectivity index (χ1v) is 11.6. The summed E-state index contributed by atoms with van der Waals surface area (Å²) in [5.74, 6) is -0.495. The van der Waals surface area contributed by atoms with Gasteiger partial charge < -0.3 is 15.8 Å². The van der Waals surface area contributed by atoms with Crippen LogP contribution in [0.2, 0.25) is 0 Å². The number of nitrogens with zero attached hydrogens (tertiary/aromatic N) is 4. The van der Waals surface area contributed by atoms with Gasteiger partial charge in [-0.1, -0.05) is 48.5 Å². The van der Waals surface area contributed by atoms with Crippen molar-refractivity contribution in [2.75, 3.05) is 23.4 Å². The van der Waals surface area contributed by atoms with Crippen molar-refractivity contribution in [3.05, 3.63) is 35.2 Å². The molecule has 0 spiro atoms. The number of rotatable bonds is 9. The number of amides is 1. The lowest BCUT2D eigenvalue weighted by atomic mass is 10.1. The van der Waals surface area contributed by atoms with E-state index in [2.05, 4.69) is 20.5 Å². The van der Waals surface area contributed by atoms with Gasteiger partial charge in [0.2, 0.25) is 11.9 Å². The zero-order chi connectivity index (χ0) is 22.4. The molecule has 2 heterocycles. The third-order valence-electron chi connectivity index (χ3n) is 4.40. The first-order chi connectivity index (χ1) is 14.9. The number of nitrogens with one attached hydrogen (secondary N) is 1. The van der Waals surface area contributed by atoms with E-state index >= 15 is 0 Å². The van der Waals surface area contributed by atoms with E-state index in [1.807, 2.05) is 43.5 Å². The van der Waals surface area contributed by atoms with Crippen LogP contribution in [0.3, 0.4) is 0 Å². The lowest BCUT2D eigenvalue weighted by Gasteiger charge is -2.18. The minimum Gasteiger partial charge on any atom is -0.465 e. The van der Waals surface area contributed by atoms with Gasteiger partial charge in [-0.05, 0) is 20.3 Å². The number of thiazole rings is 1. The molecule has 0 aliphatic heterocycles. The Kier molecular flexibility index (Phi) is 7.64. The second kappa shape index (κ2) is 10.4. The Hall–Kier alpha value is -2.92. The Balaban J connectivity index is 1.73. The highest BCUT2D eigenvalue weighted by molar-refractivity contribution is 7.99. The number of carbonyl (C=O) groups is 2. The summed E-state index contributed by atoms with van der Waals surface area (Å²) in [4.78, 5) is 29.2. The number of hydrogen-bond acceptors (Lipinski definition) is 9. The zero-order valence-electron chi connectivity index (χ0n) is 17.5. The van der Waals surface area contributed by atoms with Crippen LogP contribution >= 0.6 is 23.1 Å². The fourth-order valence-corrected chi connectivity index (χ4v) is 4.38. The molecule has 1 unspecified atom stereocenters. The Morgan fingerprint density at radius 1 is 1.26 bits per heavy atom. The largest absolute Gasteiger partial charge is 0.465 e. The highest BCUT2D eigenvalue weighted by Crippen LogP contribution is 2.28. The molecule has 0 saturated carbocycles. The minimum absolute atomic E-state index is 0.0520. The summed E-state index contributed by atoms with van der Waals surface area (Å²) in [5.41, 5.74) is 8.92. The smallest absolute Gasteiger partial charge is 0.316 e. The average molecular weight is 461 g/mol. The summed E-state index contributed by atoms with van der Waals surface area (Å²) in [6.45, 7) is 5.93. The predicted molar refractivity (Wildman–Crippen MR) is 122 cm³/mol. The highest BCUT2D eigenvalue weighted by Gasteiger charge is 2.26. The van der Waals surface area contributed by atoms with Gasteiger partial charge in [-0.25, -0.2) is 4.98 Å². The van der Waals surface area contributed by atoms with Crippen LogP contribution in [0.1, 0.15) is 31.9 Å². The molecule has 1 atom stereocenters. The Labute approximate surface area is 188 Å². The van der Waals surface area contributed by atoms with E-state index in [1.165, 1.54) is 21.5 Å². The maximum Gasteiger partial charge on any atom is 0.316 e. The van der Waals surface area contributed by atoms with Crippen molar-refractivity contribution in [3.63, 3.8) is 0 Å². The molecule has 3 aromatic rings. The van der Waals surface area contributed by atoms with Crippen LogP contribution in [0.4, 0.5) is 11.1 Å². The molecule has 0 bridgehead atoms. The molecule has 3 N–H and O–H groups in total. The molecule has 0 radical (unpaired) electrons. The molecular formula is C20H24N6O3S2. The first-order valence-electron chi connectivity index (χ1n) is 9.75. The molecule has 0 fully saturated rings. The zero-order valence-corrected chi connectivity index (χ0v) is 19.1. The number of nitrogens with two attached hydrogens (primary N) is 1. The van der Waals surface area contributed by atoms with E-state index in [4.69, 9.17) is 10.5 Å². The number of anilines is 2. The van der Waals surface area contributed by atoms with Gasteiger partial charge in [0, 0.05) is 10.9 Å². The second-order valence-electron chi connectivity index (χ2n) is 6.62. The van der Waals surface area contributed by atoms with E-state index in [-0.39, 0.29) is 23.6 Å². The monoisotopic (exact) mass is 460 g/mol. The molecule has 11 heteroatoms. The number of hydrogen-bond donors (Lipinski definition) is 2. The molecule has 3 rings (SSSR count). The van der Waals surface area contributed by atoms with Gasteiger partial charge in [-0.15, -0.1) is 21.5 Å². The van der Waals surface area contributed by atoms with Crippen LogP contribution in [-0.2, 0) is 14.3 Å². The minimum atomic E-state index is -0.647. The number of benzene rings is 1. The normalized spacial score (nSPS) is 11.8. The van der Waals surface area contributed by atoms with Crippen LogP contribution in [0, 0.1) is 6.92 Å². The van der Waals surface area contributed by atoms with Gasteiger partial charge in [0.05, 0.1) is 18.1 Å². The molecule has 31 heavy (non-hydrogen) atoms. The predicted octanol–water partition coefficient (Wildman–Crippen LogP) is 3.54. The lowest BCUT2D eigenvalue weighted by Crippen LogP contribution is -2.27. The molecular weight excluding hydrogens is 436 g/mol. The summed E-state index contributed by atoms with van der Waals surface area (Å²) in [7, 11) is 0. The standard InChI is InChI=1S/C20H24N6O3S2/c1-4-15(26-18(21)24-25-20(26)31-11-16(27)29-5-2)17(28)23-19-22-14(10-30-19)13-8-6-12(3)7-9-13/h6-10,15H,4-5,11H2,1-3H3,(H2,21,24)(H,22,23,28). The molecule has 0 aliphatic rings. The van der Waals surface area contributed by atoms with Crippen molar-refractivity contribution in [2.24, 2.45) is 0 Å². The topological polar surface area (TPSA) is 125 Å². The number of aromatic nitrogens is 4. The summed E-state index contributed by atoms with van der Waals surface area (Å²) in [5, 5.41) is 13.5. The number of esters is 1. The average Bonchev–Trinajstić information content (AvgIpc) is 3.35. The number of nitrogen functional groups attached to an aromatic ring is 1. The van der Waals surface area contributed by atoms with Crippen molar-refractivity contribution in [2.45, 2.75) is 38.4 Å². The molecule has 0 aliphatic carbocycles.